The molecule has 0 N–H and O–H groups in total. The molecule has 2 heterocycles. The molecule has 2 amide bonds. The van der Waals surface area contributed by atoms with E-state index in [1.807, 2.05) is 30.3 Å². The van der Waals surface area contributed by atoms with Crippen molar-refractivity contribution in [3.63, 3.8) is 0 Å². The third-order valence-electron chi connectivity index (χ3n) is 5.56. The Morgan fingerprint density at radius 2 is 1.38 bits per heavy atom. The molecule has 0 spiro atoms. The van der Waals surface area contributed by atoms with Crippen LogP contribution in [0.4, 0.5) is 0 Å². The Bertz CT molecular complexity index is 1130. The fourth-order valence-corrected chi connectivity index (χ4v) is 4.01. The van der Waals surface area contributed by atoms with Gasteiger partial charge < -0.3 is 14.2 Å². The van der Waals surface area contributed by atoms with Crippen molar-refractivity contribution in [2.45, 2.75) is 0 Å². The Labute approximate surface area is 167 Å². The van der Waals surface area contributed by atoms with Crippen LogP contribution in [0.3, 0.4) is 0 Å². The first-order valence-corrected chi connectivity index (χ1v) is 9.54. The van der Waals surface area contributed by atoms with E-state index in [9.17, 15) is 14.4 Å². The molecular formula is C23H18N2O4. The average molecular weight is 386 g/mol. The Morgan fingerprint density at radius 3 is 2.07 bits per heavy atom. The van der Waals surface area contributed by atoms with Crippen LogP contribution in [0.2, 0.25) is 0 Å². The highest BCUT2D eigenvalue weighted by Crippen LogP contribution is 2.36. The zero-order valence-corrected chi connectivity index (χ0v) is 15.6. The van der Waals surface area contributed by atoms with Gasteiger partial charge in [0.25, 0.3) is 11.8 Å². The van der Waals surface area contributed by atoms with E-state index in [0.29, 0.717) is 48.6 Å². The molecule has 0 radical (unpaired) electrons. The lowest BCUT2D eigenvalue weighted by molar-refractivity contribution is 0.0518. The topological polar surface area (TPSA) is 70.8 Å². The fourth-order valence-electron chi connectivity index (χ4n) is 4.01. The molecule has 5 rings (SSSR count). The number of ketones is 1. The number of piperazine rings is 1. The number of hydrogen-bond donors (Lipinski definition) is 0. The van der Waals surface area contributed by atoms with E-state index in [4.69, 9.17) is 4.42 Å². The summed E-state index contributed by atoms with van der Waals surface area (Å²) in [6.07, 6.45) is 1.47. The summed E-state index contributed by atoms with van der Waals surface area (Å²) in [6, 6.07) is 16.1. The van der Waals surface area contributed by atoms with E-state index in [-0.39, 0.29) is 17.6 Å². The predicted molar refractivity (Wildman–Crippen MR) is 106 cm³/mol. The van der Waals surface area contributed by atoms with E-state index < -0.39 is 0 Å². The lowest BCUT2D eigenvalue weighted by atomic mass is 10.0. The van der Waals surface area contributed by atoms with Gasteiger partial charge >= 0.3 is 0 Å². The van der Waals surface area contributed by atoms with Crippen molar-refractivity contribution in [3.05, 3.63) is 83.3 Å². The SMILES string of the molecule is O=C1c2ccccc2-c2ccc(C(=O)N3CCN(C(=O)c4ccco4)CC3)cc21. The second-order valence-corrected chi connectivity index (χ2v) is 7.20. The van der Waals surface area contributed by atoms with Crippen LogP contribution < -0.4 is 0 Å². The van der Waals surface area contributed by atoms with E-state index in [1.54, 1.807) is 34.1 Å². The van der Waals surface area contributed by atoms with Gasteiger partial charge in [-0.05, 0) is 35.4 Å². The van der Waals surface area contributed by atoms with Gasteiger partial charge in [-0.15, -0.1) is 0 Å². The Hall–Kier alpha value is -3.67. The number of carbonyl (C=O) groups is 3. The Kier molecular flexibility index (Phi) is 4.05. The van der Waals surface area contributed by atoms with E-state index in [0.717, 1.165) is 11.1 Å². The number of benzene rings is 2. The third-order valence-corrected chi connectivity index (χ3v) is 5.56. The molecule has 1 aliphatic heterocycles. The van der Waals surface area contributed by atoms with Crippen molar-refractivity contribution in [1.82, 2.24) is 9.80 Å². The van der Waals surface area contributed by atoms with Gasteiger partial charge in [-0.25, -0.2) is 0 Å². The summed E-state index contributed by atoms with van der Waals surface area (Å²) in [4.78, 5) is 41.4. The van der Waals surface area contributed by atoms with Crippen molar-refractivity contribution in [1.29, 1.82) is 0 Å². The van der Waals surface area contributed by atoms with Crippen molar-refractivity contribution in [2.75, 3.05) is 26.2 Å². The molecule has 6 heteroatoms. The molecule has 1 aromatic heterocycles. The molecule has 0 saturated carbocycles. The lowest BCUT2D eigenvalue weighted by Gasteiger charge is -2.34. The summed E-state index contributed by atoms with van der Waals surface area (Å²) in [5, 5.41) is 0. The number of rotatable bonds is 2. The molecule has 3 aromatic rings. The minimum atomic E-state index is -0.164. The Balaban J connectivity index is 1.31. The quantitative estimate of drug-likeness (QED) is 0.531. The maximum absolute atomic E-state index is 13.0. The second kappa shape index (κ2) is 6.74. The zero-order valence-electron chi connectivity index (χ0n) is 15.6. The highest BCUT2D eigenvalue weighted by molar-refractivity contribution is 6.22. The molecule has 2 aromatic carbocycles. The number of hydrogen-bond acceptors (Lipinski definition) is 4. The number of furan rings is 1. The molecule has 144 valence electrons. The maximum atomic E-state index is 13.0. The average Bonchev–Trinajstić information content (AvgIpc) is 3.41. The molecular weight excluding hydrogens is 368 g/mol. The van der Waals surface area contributed by atoms with Gasteiger partial charge in [-0.3, -0.25) is 14.4 Å². The zero-order chi connectivity index (χ0) is 20.0. The van der Waals surface area contributed by atoms with E-state index in [1.165, 1.54) is 6.26 Å². The fraction of sp³-hybridized carbons (Fsp3) is 0.174. The van der Waals surface area contributed by atoms with Crippen LogP contribution in [0.25, 0.3) is 11.1 Å². The number of amides is 2. The van der Waals surface area contributed by atoms with Gasteiger partial charge in [-0.1, -0.05) is 30.3 Å². The first kappa shape index (κ1) is 17.4. The summed E-state index contributed by atoms with van der Waals surface area (Å²) in [5.41, 5.74) is 3.53. The van der Waals surface area contributed by atoms with Gasteiger partial charge in [0, 0.05) is 42.9 Å². The van der Waals surface area contributed by atoms with Gasteiger partial charge in [0.15, 0.2) is 11.5 Å². The van der Waals surface area contributed by atoms with Crippen LogP contribution in [0, 0.1) is 0 Å². The number of nitrogens with zero attached hydrogens (tertiary/aromatic N) is 2. The van der Waals surface area contributed by atoms with Crippen LogP contribution in [0.1, 0.15) is 36.8 Å². The summed E-state index contributed by atoms with van der Waals surface area (Å²) in [6.45, 7) is 1.77. The molecule has 29 heavy (non-hydrogen) atoms. The summed E-state index contributed by atoms with van der Waals surface area (Å²) in [5.74, 6) is -0.0229. The summed E-state index contributed by atoms with van der Waals surface area (Å²) >= 11 is 0. The largest absolute Gasteiger partial charge is 0.459 e. The standard InChI is InChI=1S/C23H18N2O4/c26-21-18-5-2-1-4-16(18)17-8-7-15(14-19(17)21)22(27)24-9-11-25(12-10-24)23(28)20-6-3-13-29-20/h1-8,13-14H,9-12H2. The van der Waals surface area contributed by atoms with Crippen molar-refractivity contribution in [2.24, 2.45) is 0 Å². The molecule has 2 aliphatic rings. The van der Waals surface area contributed by atoms with Gasteiger partial charge in [0.05, 0.1) is 6.26 Å². The summed E-state index contributed by atoms with van der Waals surface area (Å²) < 4.78 is 5.17. The minimum Gasteiger partial charge on any atom is -0.459 e. The first-order chi connectivity index (χ1) is 14.1. The Morgan fingerprint density at radius 1 is 0.724 bits per heavy atom. The highest BCUT2D eigenvalue weighted by Gasteiger charge is 2.30. The van der Waals surface area contributed by atoms with Gasteiger partial charge in [0.2, 0.25) is 0 Å². The van der Waals surface area contributed by atoms with Crippen molar-refractivity contribution >= 4 is 17.6 Å². The molecule has 0 bridgehead atoms. The van der Waals surface area contributed by atoms with Gasteiger partial charge in [0.1, 0.15) is 0 Å². The third kappa shape index (κ3) is 2.84. The van der Waals surface area contributed by atoms with Crippen LogP contribution in [0.5, 0.6) is 0 Å². The molecule has 0 unspecified atom stereocenters. The monoisotopic (exact) mass is 386 g/mol. The molecule has 1 saturated heterocycles. The second-order valence-electron chi connectivity index (χ2n) is 7.20. The van der Waals surface area contributed by atoms with Crippen molar-refractivity contribution < 1.29 is 18.8 Å². The molecule has 1 fully saturated rings. The van der Waals surface area contributed by atoms with Crippen LogP contribution >= 0.6 is 0 Å². The van der Waals surface area contributed by atoms with E-state index >= 15 is 0 Å². The molecule has 0 atom stereocenters. The van der Waals surface area contributed by atoms with Crippen LogP contribution in [-0.2, 0) is 0 Å². The number of fused-ring (bicyclic) bond motifs is 3. The van der Waals surface area contributed by atoms with Crippen molar-refractivity contribution in [3.8, 4) is 11.1 Å². The smallest absolute Gasteiger partial charge is 0.289 e. The number of carbonyl (C=O) groups excluding carboxylic acids is 3. The predicted octanol–water partition coefficient (Wildman–Crippen LogP) is 3.09. The maximum Gasteiger partial charge on any atom is 0.289 e. The lowest BCUT2D eigenvalue weighted by Crippen LogP contribution is -2.50. The first-order valence-electron chi connectivity index (χ1n) is 9.54. The minimum absolute atomic E-state index is 0.0425. The highest BCUT2D eigenvalue weighted by atomic mass is 16.3. The summed E-state index contributed by atoms with van der Waals surface area (Å²) in [7, 11) is 0. The van der Waals surface area contributed by atoms with Gasteiger partial charge in [-0.2, -0.15) is 0 Å². The molecule has 1 aliphatic carbocycles. The van der Waals surface area contributed by atoms with Crippen LogP contribution in [0.15, 0.2) is 65.3 Å². The van der Waals surface area contributed by atoms with E-state index in [2.05, 4.69) is 0 Å². The molecule has 6 nitrogen and oxygen atoms in total. The normalized spacial score (nSPS) is 15.2. The van der Waals surface area contributed by atoms with Crippen LogP contribution in [-0.4, -0.2) is 53.6 Å².